The van der Waals surface area contributed by atoms with Gasteiger partial charge in [-0.2, -0.15) is 5.21 Å². The van der Waals surface area contributed by atoms with Gasteiger partial charge in [0.25, 0.3) is 5.56 Å². The number of aryl methyl sites for hydroxylation is 2. The van der Waals surface area contributed by atoms with Crippen LogP contribution in [0.3, 0.4) is 0 Å². The van der Waals surface area contributed by atoms with Gasteiger partial charge in [0, 0.05) is 25.8 Å². The van der Waals surface area contributed by atoms with Gasteiger partial charge in [-0.3, -0.25) is 9.36 Å². The van der Waals surface area contributed by atoms with E-state index < -0.39 is 17.5 Å². The molecule has 1 atom stereocenters. The van der Waals surface area contributed by atoms with Gasteiger partial charge in [-0.1, -0.05) is 48.5 Å². The summed E-state index contributed by atoms with van der Waals surface area (Å²) in [4.78, 5) is 31.0. The van der Waals surface area contributed by atoms with Crippen molar-refractivity contribution in [1.29, 1.82) is 0 Å². The van der Waals surface area contributed by atoms with Gasteiger partial charge in [0.05, 0.1) is 0 Å². The maximum absolute atomic E-state index is 13.4. The Balaban J connectivity index is 1.57. The minimum Gasteiger partial charge on any atom is -0.361 e. The molecule has 3 aromatic heterocycles. The first-order chi connectivity index (χ1) is 17.4. The molecule has 3 heterocycles. The summed E-state index contributed by atoms with van der Waals surface area (Å²) >= 11 is 0. The van der Waals surface area contributed by atoms with Gasteiger partial charge in [0.1, 0.15) is 12.1 Å². The number of tetrazole rings is 1. The smallest absolute Gasteiger partial charge is 0.334 e. The molecule has 0 saturated heterocycles. The number of aromatic amines is 1. The molecule has 11 heteroatoms. The molecule has 184 valence electrons. The molecule has 0 radical (unpaired) electrons. The molecular formula is C25H26N8O3. The lowest BCUT2D eigenvalue weighted by Gasteiger charge is -2.16. The average molecular weight is 487 g/mol. The van der Waals surface area contributed by atoms with Crippen LogP contribution in [0.4, 0.5) is 0 Å². The Labute approximate surface area is 206 Å². The molecule has 0 fully saturated rings. The lowest BCUT2D eigenvalue weighted by molar-refractivity contribution is 0.0531. The van der Waals surface area contributed by atoms with E-state index in [2.05, 4.69) is 25.6 Å². The minimum atomic E-state index is -0.700. The highest BCUT2D eigenvalue weighted by molar-refractivity contribution is 5.80. The third kappa shape index (κ3) is 3.83. The zero-order chi connectivity index (χ0) is 25.4. The monoisotopic (exact) mass is 486 g/mol. The summed E-state index contributed by atoms with van der Waals surface area (Å²) in [5.74, 6) is 1.18. The fourth-order valence-electron chi connectivity index (χ4n) is 4.45. The Kier molecular flexibility index (Phi) is 6.06. The van der Waals surface area contributed by atoms with Crippen LogP contribution in [0.15, 0.2) is 58.1 Å². The van der Waals surface area contributed by atoms with Crippen molar-refractivity contribution in [3.8, 4) is 22.5 Å². The van der Waals surface area contributed by atoms with Crippen molar-refractivity contribution in [3.63, 3.8) is 0 Å². The third-order valence-electron chi connectivity index (χ3n) is 6.39. The maximum atomic E-state index is 13.4. The van der Waals surface area contributed by atoms with Crippen molar-refractivity contribution >= 4 is 11.2 Å². The van der Waals surface area contributed by atoms with Crippen molar-refractivity contribution in [3.05, 3.63) is 80.8 Å². The molecule has 2 aromatic carbocycles. The summed E-state index contributed by atoms with van der Waals surface area (Å²) in [6.07, 6.45) is -0.700. The van der Waals surface area contributed by atoms with Gasteiger partial charge < -0.3 is 9.30 Å². The second-order valence-corrected chi connectivity index (χ2v) is 8.43. The zero-order valence-electron chi connectivity index (χ0n) is 20.5. The molecule has 5 aromatic rings. The highest BCUT2D eigenvalue weighted by atomic mass is 16.5. The predicted octanol–water partition coefficient (Wildman–Crippen LogP) is 2.75. The van der Waals surface area contributed by atoms with Crippen LogP contribution < -0.4 is 11.2 Å². The molecule has 0 saturated carbocycles. The number of ether oxygens (including phenoxy) is 1. The second-order valence-electron chi connectivity index (χ2n) is 8.43. The maximum Gasteiger partial charge on any atom is 0.334 e. The van der Waals surface area contributed by atoms with Crippen LogP contribution in [0.25, 0.3) is 33.7 Å². The molecule has 11 nitrogen and oxygen atoms in total. The first-order valence-electron chi connectivity index (χ1n) is 11.6. The number of hydrogen-bond acceptors (Lipinski definition) is 7. The van der Waals surface area contributed by atoms with Crippen LogP contribution in [0, 0.1) is 6.92 Å². The summed E-state index contributed by atoms with van der Waals surface area (Å²) in [7, 11) is 1.47. The molecular weight excluding hydrogens is 460 g/mol. The van der Waals surface area contributed by atoms with Crippen molar-refractivity contribution < 1.29 is 4.74 Å². The Morgan fingerprint density at radius 2 is 1.75 bits per heavy atom. The van der Waals surface area contributed by atoms with E-state index in [0.717, 1.165) is 26.8 Å². The molecule has 36 heavy (non-hydrogen) atoms. The molecule has 0 aliphatic rings. The van der Waals surface area contributed by atoms with Crippen molar-refractivity contribution in [2.45, 2.75) is 40.1 Å². The Morgan fingerprint density at radius 1 is 1.03 bits per heavy atom. The number of H-pyrrole nitrogens is 1. The third-order valence-corrected chi connectivity index (χ3v) is 6.39. The van der Waals surface area contributed by atoms with E-state index in [1.54, 1.807) is 6.92 Å². The summed E-state index contributed by atoms with van der Waals surface area (Å²) in [6, 6.07) is 15.9. The van der Waals surface area contributed by atoms with Crippen LogP contribution in [0.5, 0.6) is 0 Å². The fraction of sp³-hybridized carbons (Fsp3) is 0.280. The molecule has 0 aliphatic carbocycles. The topological polar surface area (TPSA) is 126 Å². The lowest BCUT2D eigenvalue weighted by Crippen LogP contribution is -2.42. The Hall–Kier alpha value is -4.38. The van der Waals surface area contributed by atoms with Crippen LogP contribution in [0.2, 0.25) is 0 Å². The highest BCUT2D eigenvalue weighted by Crippen LogP contribution is 2.30. The van der Waals surface area contributed by atoms with Gasteiger partial charge in [0.2, 0.25) is 5.82 Å². The number of fused-ring (bicyclic) bond motifs is 1. The molecule has 5 rings (SSSR count). The number of methoxy groups -OCH3 is 1. The van der Waals surface area contributed by atoms with Crippen LogP contribution in [0.1, 0.15) is 31.5 Å². The van der Waals surface area contributed by atoms with Gasteiger partial charge in [-0.05, 0) is 42.7 Å². The summed E-state index contributed by atoms with van der Waals surface area (Å²) in [5.41, 5.74) is 3.76. The Morgan fingerprint density at radius 3 is 2.39 bits per heavy atom. The van der Waals surface area contributed by atoms with E-state index in [1.165, 1.54) is 11.7 Å². The van der Waals surface area contributed by atoms with Gasteiger partial charge >= 0.3 is 5.69 Å². The van der Waals surface area contributed by atoms with Crippen LogP contribution in [-0.2, 0) is 17.8 Å². The van der Waals surface area contributed by atoms with Crippen LogP contribution >= 0.6 is 0 Å². The fourth-order valence-corrected chi connectivity index (χ4v) is 4.45. The van der Waals surface area contributed by atoms with Crippen molar-refractivity contribution in [2.24, 2.45) is 0 Å². The average Bonchev–Trinajstić information content (AvgIpc) is 3.53. The first kappa shape index (κ1) is 23.4. The molecule has 0 bridgehead atoms. The van der Waals surface area contributed by atoms with Gasteiger partial charge in [-0.15, -0.1) is 10.2 Å². The van der Waals surface area contributed by atoms with Crippen molar-refractivity contribution in [2.75, 3.05) is 7.11 Å². The largest absolute Gasteiger partial charge is 0.361 e. The second kappa shape index (κ2) is 9.34. The van der Waals surface area contributed by atoms with E-state index in [9.17, 15) is 9.59 Å². The summed E-state index contributed by atoms with van der Waals surface area (Å²) in [5, 5.41) is 14.4. The van der Waals surface area contributed by atoms with E-state index in [-0.39, 0.29) is 0 Å². The molecule has 0 amide bonds. The highest BCUT2D eigenvalue weighted by Gasteiger charge is 2.22. The number of benzene rings is 2. The number of aromatic nitrogens is 8. The molecule has 1 N–H and O–H groups in total. The van der Waals surface area contributed by atoms with E-state index in [0.29, 0.717) is 35.9 Å². The molecule has 0 aliphatic heterocycles. The van der Waals surface area contributed by atoms with E-state index in [1.807, 2.05) is 66.9 Å². The lowest BCUT2D eigenvalue weighted by atomic mass is 9.98. The standard InChI is InChI=1S/C25H26N8O3/c1-5-31-23-21(24(34)33(25(31)35)16(3)36-4)32(15(2)26-23)14-17-10-12-18(13-11-17)19-8-6-7-9-20(19)22-27-29-30-28-22/h6-13,16H,5,14H2,1-4H3,(H,27,28,29,30). The number of imidazole rings is 1. The van der Waals surface area contributed by atoms with Gasteiger partial charge in [-0.25, -0.2) is 14.3 Å². The van der Waals surface area contributed by atoms with Crippen LogP contribution in [-0.4, -0.2) is 46.4 Å². The number of nitrogens with zero attached hydrogens (tertiary/aromatic N) is 7. The van der Waals surface area contributed by atoms with Crippen molar-refractivity contribution in [1.82, 2.24) is 39.3 Å². The summed E-state index contributed by atoms with van der Waals surface area (Å²) < 4.78 is 9.81. The molecule has 1 unspecified atom stereocenters. The Bertz CT molecular complexity index is 1650. The minimum absolute atomic E-state index is 0.379. The quantitative estimate of drug-likeness (QED) is 0.375. The summed E-state index contributed by atoms with van der Waals surface area (Å²) in [6.45, 7) is 6.17. The first-order valence-corrected chi connectivity index (χ1v) is 11.6. The number of rotatable bonds is 7. The predicted molar refractivity (Wildman–Crippen MR) is 135 cm³/mol. The SMILES string of the molecule is CCn1c(=O)n(C(C)OC)c(=O)c2c1nc(C)n2Cc1ccc(-c2ccccc2-c2nn[nH]n2)cc1. The normalized spacial score (nSPS) is 12.3. The van der Waals surface area contributed by atoms with E-state index >= 15 is 0 Å². The zero-order valence-corrected chi connectivity index (χ0v) is 20.5. The van der Waals surface area contributed by atoms with Gasteiger partial charge in [0.15, 0.2) is 11.2 Å². The van der Waals surface area contributed by atoms with E-state index in [4.69, 9.17) is 4.74 Å². The molecule has 0 spiro atoms. The number of hydrogen-bond donors (Lipinski definition) is 1. The number of nitrogens with one attached hydrogen (secondary N) is 1.